The fourth-order valence-electron chi connectivity index (χ4n) is 3.88. The van der Waals surface area contributed by atoms with Crippen LogP contribution < -0.4 is 11.3 Å². The van der Waals surface area contributed by atoms with E-state index in [2.05, 4.69) is 0 Å². The monoisotopic (exact) mass is 313 g/mol. The van der Waals surface area contributed by atoms with E-state index in [9.17, 15) is 13.2 Å². The summed E-state index contributed by atoms with van der Waals surface area (Å²) in [4.78, 5) is 12.5. The summed E-state index contributed by atoms with van der Waals surface area (Å²) >= 11 is 0. The van der Waals surface area contributed by atoms with Gasteiger partial charge in [-0.25, -0.2) is 13.1 Å². The zero-order valence-corrected chi connectivity index (χ0v) is 13.2. The van der Waals surface area contributed by atoms with E-state index in [1.165, 1.54) is 12.8 Å². The number of nitrogen functional groups attached to an aromatic ring is 1. The second-order valence-corrected chi connectivity index (χ2v) is 8.43. The molecule has 0 amide bonds. The molecule has 1 unspecified atom stereocenters. The molecular weight excluding hydrogens is 290 g/mol. The third-order valence-electron chi connectivity index (χ3n) is 4.85. The van der Waals surface area contributed by atoms with Crippen molar-refractivity contribution in [2.24, 2.45) is 0 Å². The standard InChI is InChI=1S/C14H23N3O3S/c1-2-16-13(10-5-3-4-6-10)12(15)14(18)17(16)11-7-8-21(19,20)9-11/h10-11H,2-9,15H2,1H3. The van der Waals surface area contributed by atoms with Gasteiger partial charge in [-0.1, -0.05) is 12.8 Å². The lowest BCUT2D eigenvalue weighted by Crippen LogP contribution is -2.29. The average molecular weight is 313 g/mol. The van der Waals surface area contributed by atoms with Crippen LogP contribution in [0.5, 0.6) is 0 Å². The van der Waals surface area contributed by atoms with E-state index in [1.54, 1.807) is 4.68 Å². The second-order valence-electron chi connectivity index (χ2n) is 6.20. The Morgan fingerprint density at radius 1 is 1.24 bits per heavy atom. The minimum atomic E-state index is -3.02. The van der Waals surface area contributed by atoms with Crippen molar-refractivity contribution >= 4 is 15.5 Å². The van der Waals surface area contributed by atoms with Gasteiger partial charge in [-0.3, -0.25) is 9.48 Å². The number of nitrogens with two attached hydrogens (primary N) is 1. The number of hydrogen-bond acceptors (Lipinski definition) is 4. The molecule has 1 saturated carbocycles. The zero-order chi connectivity index (χ0) is 15.2. The minimum absolute atomic E-state index is 0.0560. The van der Waals surface area contributed by atoms with Gasteiger partial charge in [-0.05, 0) is 26.2 Å². The Morgan fingerprint density at radius 3 is 2.43 bits per heavy atom. The topological polar surface area (TPSA) is 87.1 Å². The normalized spacial score (nSPS) is 25.7. The lowest BCUT2D eigenvalue weighted by atomic mass is 10.0. The van der Waals surface area contributed by atoms with Gasteiger partial charge in [0, 0.05) is 12.5 Å². The first-order valence-electron chi connectivity index (χ1n) is 7.75. The maximum Gasteiger partial charge on any atom is 0.290 e. The molecule has 2 heterocycles. The van der Waals surface area contributed by atoms with Crippen LogP contribution in [0.2, 0.25) is 0 Å². The highest BCUT2D eigenvalue weighted by Gasteiger charge is 2.34. The third kappa shape index (κ3) is 2.41. The quantitative estimate of drug-likeness (QED) is 0.910. The molecule has 118 valence electrons. The molecule has 7 heteroatoms. The van der Waals surface area contributed by atoms with Gasteiger partial charge in [0.1, 0.15) is 5.69 Å². The minimum Gasteiger partial charge on any atom is -0.393 e. The summed E-state index contributed by atoms with van der Waals surface area (Å²) in [5.41, 5.74) is 7.15. The predicted octanol–water partition coefficient (Wildman–Crippen LogP) is 1.27. The lowest BCUT2D eigenvalue weighted by molar-refractivity contribution is 0.377. The largest absolute Gasteiger partial charge is 0.393 e. The van der Waals surface area contributed by atoms with Crippen LogP contribution in [0.1, 0.15) is 56.7 Å². The molecule has 1 aliphatic heterocycles. The molecule has 2 fully saturated rings. The molecule has 0 spiro atoms. The molecule has 3 rings (SSSR count). The molecule has 6 nitrogen and oxygen atoms in total. The van der Waals surface area contributed by atoms with E-state index >= 15 is 0 Å². The van der Waals surface area contributed by atoms with Gasteiger partial charge in [0.2, 0.25) is 0 Å². The molecular formula is C14H23N3O3S. The van der Waals surface area contributed by atoms with E-state index in [-0.39, 0.29) is 23.1 Å². The number of sulfone groups is 1. The SMILES string of the molecule is CCn1c(C2CCCC2)c(N)c(=O)n1C1CCS(=O)(=O)C1. The highest BCUT2D eigenvalue weighted by atomic mass is 32.2. The van der Waals surface area contributed by atoms with Crippen molar-refractivity contribution in [3.8, 4) is 0 Å². The predicted molar refractivity (Wildman–Crippen MR) is 82.3 cm³/mol. The van der Waals surface area contributed by atoms with Crippen molar-refractivity contribution < 1.29 is 8.42 Å². The summed E-state index contributed by atoms with van der Waals surface area (Å²) in [6, 6.07) is -0.264. The van der Waals surface area contributed by atoms with Gasteiger partial charge in [-0.15, -0.1) is 0 Å². The van der Waals surface area contributed by atoms with Gasteiger partial charge < -0.3 is 5.73 Å². The van der Waals surface area contributed by atoms with Crippen LogP contribution in [0.25, 0.3) is 0 Å². The fourth-order valence-corrected chi connectivity index (χ4v) is 5.57. The van der Waals surface area contributed by atoms with E-state index < -0.39 is 9.84 Å². The van der Waals surface area contributed by atoms with Crippen molar-refractivity contribution in [2.45, 2.75) is 57.5 Å². The Hall–Kier alpha value is -1.24. The van der Waals surface area contributed by atoms with Gasteiger partial charge in [0.25, 0.3) is 5.56 Å². The van der Waals surface area contributed by atoms with Crippen LogP contribution in [-0.4, -0.2) is 29.3 Å². The number of nitrogens with zero attached hydrogens (tertiary/aromatic N) is 2. The van der Waals surface area contributed by atoms with Crippen molar-refractivity contribution in [3.63, 3.8) is 0 Å². The Balaban J connectivity index is 2.09. The Labute approximate surface area is 124 Å². The summed E-state index contributed by atoms with van der Waals surface area (Å²) in [6.45, 7) is 2.63. The summed E-state index contributed by atoms with van der Waals surface area (Å²) in [5.74, 6) is 0.565. The van der Waals surface area contributed by atoms with E-state index in [1.807, 2.05) is 11.6 Å². The summed E-state index contributed by atoms with van der Waals surface area (Å²) in [6.07, 6.45) is 4.99. The molecule has 2 N–H and O–H groups in total. The fraction of sp³-hybridized carbons (Fsp3) is 0.786. The smallest absolute Gasteiger partial charge is 0.290 e. The maximum atomic E-state index is 12.5. The number of anilines is 1. The van der Waals surface area contributed by atoms with E-state index in [0.717, 1.165) is 18.5 Å². The lowest BCUT2D eigenvalue weighted by Gasteiger charge is -2.19. The summed E-state index contributed by atoms with van der Waals surface area (Å²) in [5, 5.41) is 0. The van der Waals surface area contributed by atoms with Crippen molar-refractivity contribution in [1.29, 1.82) is 0 Å². The molecule has 1 aromatic rings. The molecule has 1 saturated heterocycles. The number of hydrogen-bond donors (Lipinski definition) is 1. The first kappa shape index (κ1) is 14.7. The molecule has 21 heavy (non-hydrogen) atoms. The first-order valence-corrected chi connectivity index (χ1v) is 9.58. The number of rotatable bonds is 3. The van der Waals surface area contributed by atoms with Gasteiger partial charge >= 0.3 is 0 Å². The molecule has 1 aromatic heterocycles. The Kier molecular flexibility index (Phi) is 3.63. The van der Waals surface area contributed by atoms with Crippen LogP contribution in [0.15, 0.2) is 4.79 Å². The van der Waals surface area contributed by atoms with Crippen LogP contribution in [0.4, 0.5) is 5.69 Å². The van der Waals surface area contributed by atoms with E-state index in [0.29, 0.717) is 24.6 Å². The van der Waals surface area contributed by atoms with Crippen molar-refractivity contribution in [2.75, 3.05) is 17.2 Å². The van der Waals surface area contributed by atoms with Gasteiger partial charge in [0.15, 0.2) is 9.84 Å². The molecule has 1 aliphatic carbocycles. The van der Waals surface area contributed by atoms with Gasteiger partial charge in [-0.2, -0.15) is 0 Å². The Bertz CT molecular complexity index is 696. The van der Waals surface area contributed by atoms with Crippen LogP contribution >= 0.6 is 0 Å². The summed E-state index contributed by atoms with van der Waals surface area (Å²) in [7, 11) is -3.02. The van der Waals surface area contributed by atoms with Gasteiger partial charge in [0.05, 0.1) is 23.2 Å². The zero-order valence-electron chi connectivity index (χ0n) is 12.4. The van der Waals surface area contributed by atoms with E-state index in [4.69, 9.17) is 5.73 Å². The highest BCUT2D eigenvalue weighted by Crippen LogP contribution is 2.37. The molecule has 0 aromatic carbocycles. The molecule has 0 bridgehead atoms. The third-order valence-corrected chi connectivity index (χ3v) is 6.60. The number of aromatic nitrogens is 2. The maximum absolute atomic E-state index is 12.5. The van der Waals surface area contributed by atoms with Crippen molar-refractivity contribution in [1.82, 2.24) is 9.36 Å². The van der Waals surface area contributed by atoms with Crippen LogP contribution in [0, 0.1) is 0 Å². The molecule has 0 radical (unpaired) electrons. The first-order chi connectivity index (χ1) is 9.94. The average Bonchev–Trinajstić information content (AvgIpc) is 3.11. The molecule has 1 atom stereocenters. The van der Waals surface area contributed by atoms with Crippen LogP contribution in [0.3, 0.4) is 0 Å². The Morgan fingerprint density at radius 2 is 1.90 bits per heavy atom. The van der Waals surface area contributed by atoms with Crippen molar-refractivity contribution in [3.05, 3.63) is 16.0 Å². The highest BCUT2D eigenvalue weighted by molar-refractivity contribution is 7.91. The second kappa shape index (κ2) is 5.19. The summed E-state index contributed by atoms with van der Waals surface area (Å²) < 4.78 is 27.0. The van der Waals surface area contributed by atoms with Crippen LogP contribution in [-0.2, 0) is 16.4 Å². The molecule has 2 aliphatic rings.